The molecule has 3 heteroatoms. The summed E-state index contributed by atoms with van der Waals surface area (Å²) in [4.78, 5) is 4.15. The minimum atomic E-state index is 0.843. The van der Waals surface area contributed by atoms with Gasteiger partial charge in [0.05, 0.1) is 11.9 Å². The highest BCUT2D eigenvalue weighted by Gasteiger charge is 2.17. The Bertz CT molecular complexity index is 332. The number of rotatable bonds is 3. The SMILES string of the molecule is CC1CCC(CNc2cncc(Br)c2)CC1. The van der Waals surface area contributed by atoms with Gasteiger partial charge in [0.15, 0.2) is 0 Å². The quantitative estimate of drug-likeness (QED) is 0.904. The fraction of sp³-hybridized carbons (Fsp3) is 0.615. The predicted molar refractivity (Wildman–Crippen MR) is 71.5 cm³/mol. The molecule has 0 radical (unpaired) electrons. The zero-order valence-corrected chi connectivity index (χ0v) is 11.3. The van der Waals surface area contributed by atoms with Crippen LogP contribution in [-0.4, -0.2) is 11.5 Å². The molecule has 2 nitrogen and oxygen atoms in total. The molecule has 0 spiro atoms. The largest absolute Gasteiger partial charge is 0.383 e. The molecule has 1 aromatic rings. The van der Waals surface area contributed by atoms with Crippen molar-refractivity contribution in [1.29, 1.82) is 0 Å². The first-order valence-electron chi connectivity index (χ1n) is 6.08. The molecule has 16 heavy (non-hydrogen) atoms. The van der Waals surface area contributed by atoms with Crippen molar-refractivity contribution in [2.45, 2.75) is 32.6 Å². The van der Waals surface area contributed by atoms with Crippen LogP contribution in [-0.2, 0) is 0 Å². The van der Waals surface area contributed by atoms with Crippen LogP contribution in [0.15, 0.2) is 22.9 Å². The van der Waals surface area contributed by atoms with Gasteiger partial charge < -0.3 is 5.32 Å². The second-order valence-corrected chi connectivity index (χ2v) is 5.81. The second kappa shape index (κ2) is 5.67. The van der Waals surface area contributed by atoms with Crippen LogP contribution >= 0.6 is 15.9 Å². The topological polar surface area (TPSA) is 24.9 Å². The molecule has 1 N–H and O–H groups in total. The van der Waals surface area contributed by atoms with Gasteiger partial charge in [-0.05, 0) is 46.7 Å². The molecule has 0 amide bonds. The van der Waals surface area contributed by atoms with E-state index in [1.807, 2.05) is 12.4 Å². The van der Waals surface area contributed by atoms with Gasteiger partial charge in [0.2, 0.25) is 0 Å². The van der Waals surface area contributed by atoms with Crippen molar-refractivity contribution in [2.24, 2.45) is 11.8 Å². The number of hydrogen-bond donors (Lipinski definition) is 1. The van der Waals surface area contributed by atoms with Crippen LogP contribution in [0.5, 0.6) is 0 Å². The Morgan fingerprint density at radius 1 is 1.31 bits per heavy atom. The lowest BCUT2D eigenvalue weighted by Crippen LogP contribution is -2.20. The molecular formula is C13H19BrN2. The maximum Gasteiger partial charge on any atom is 0.0538 e. The van der Waals surface area contributed by atoms with Crippen molar-refractivity contribution in [2.75, 3.05) is 11.9 Å². The second-order valence-electron chi connectivity index (χ2n) is 4.90. The average molecular weight is 283 g/mol. The van der Waals surface area contributed by atoms with E-state index in [1.165, 1.54) is 25.7 Å². The molecule has 0 aliphatic heterocycles. The van der Waals surface area contributed by atoms with Gasteiger partial charge in [-0.2, -0.15) is 0 Å². The van der Waals surface area contributed by atoms with E-state index in [-0.39, 0.29) is 0 Å². The molecule has 0 bridgehead atoms. The van der Waals surface area contributed by atoms with Gasteiger partial charge in [-0.15, -0.1) is 0 Å². The molecule has 1 aliphatic rings. The van der Waals surface area contributed by atoms with Crippen LogP contribution < -0.4 is 5.32 Å². The summed E-state index contributed by atoms with van der Waals surface area (Å²) in [7, 11) is 0. The number of anilines is 1. The van der Waals surface area contributed by atoms with E-state index in [9.17, 15) is 0 Å². The Morgan fingerprint density at radius 2 is 2.06 bits per heavy atom. The molecule has 1 aliphatic carbocycles. The minimum absolute atomic E-state index is 0.843. The zero-order chi connectivity index (χ0) is 11.4. The number of halogens is 1. The highest BCUT2D eigenvalue weighted by molar-refractivity contribution is 9.10. The van der Waals surface area contributed by atoms with E-state index in [2.05, 4.69) is 39.2 Å². The molecule has 0 atom stereocenters. The van der Waals surface area contributed by atoms with Crippen LogP contribution in [0.2, 0.25) is 0 Å². The van der Waals surface area contributed by atoms with Crippen molar-refractivity contribution in [1.82, 2.24) is 4.98 Å². The Balaban J connectivity index is 1.79. The van der Waals surface area contributed by atoms with Crippen molar-refractivity contribution in [3.8, 4) is 0 Å². The highest BCUT2D eigenvalue weighted by atomic mass is 79.9. The van der Waals surface area contributed by atoms with Crippen molar-refractivity contribution in [3.05, 3.63) is 22.9 Å². The fourth-order valence-electron chi connectivity index (χ4n) is 2.30. The lowest BCUT2D eigenvalue weighted by Gasteiger charge is -2.26. The molecule has 1 fully saturated rings. The van der Waals surface area contributed by atoms with E-state index < -0.39 is 0 Å². The number of aromatic nitrogens is 1. The van der Waals surface area contributed by atoms with Gasteiger partial charge in [0.1, 0.15) is 0 Å². The third-order valence-electron chi connectivity index (χ3n) is 3.44. The summed E-state index contributed by atoms with van der Waals surface area (Å²) in [5, 5.41) is 3.48. The molecule has 1 saturated carbocycles. The zero-order valence-electron chi connectivity index (χ0n) is 9.75. The van der Waals surface area contributed by atoms with Gasteiger partial charge in [0.25, 0.3) is 0 Å². The molecule has 88 valence electrons. The summed E-state index contributed by atoms with van der Waals surface area (Å²) in [6.07, 6.45) is 9.22. The van der Waals surface area contributed by atoms with E-state index >= 15 is 0 Å². The average Bonchev–Trinajstić information content (AvgIpc) is 2.28. The first kappa shape index (κ1) is 11.9. The first-order chi connectivity index (χ1) is 7.74. The van der Waals surface area contributed by atoms with Crippen molar-refractivity contribution in [3.63, 3.8) is 0 Å². The van der Waals surface area contributed by atoms with E-state index in [1.54, 1.807) is 0 Å². The predicted octanol–water partition coefficient (Wildman–Crippen LogP) is 4.08. The van der Waals surface area contributed by atoms with Crippen LogP contribution in [0.1, 0.15) is 32.6 Å². The van der Waals surface area contributed by atoms with Gasteiger partial charge in [0, 0.05) is 17.2 Å². The number of nitrogens with zero attached hydrogens (tertiary/aromatic N) is 1. The standard InChI is InChI=1S/C13H19BrN2/c1-10-2-4-11(5-3-10)7-16-13-6-12(14)8-15-9-13/h6,8-11,16H,2-5,7H2,1H3. The fourth-order valence-corrected chi connectivity index (χ4v) is 2.67. The summed E-state index contributed by atoms with van der Waals surface area (Å²) in [6, 6.07) is 2.08. The maximum absolute atomic E-state index is 4.15. The normalized spacial score (nSPS) is 25.4. The molecular weight excluding hydrogens is 264 g/mol. The molecule has 1 heterocycles. The van der Waals surface area contributed by atoms with Crippen LogP contribution in [0.25, 0.3) is 0 Å². The third-order valence-corrected chi connectivity index (χ3v) is 3.87. The van der Waals surface area contributed by atoms with E-state index in [4.69, 9.17) is 0 Å². The maximum atomic E-state index is 4.15. The van der Waals surface area contributed by atoms with Gasteiger partial charge in [-0.25, -0.2) is 0 Å². The lowest BCUT2D eigenvalue weighted by molar-refractivity contribution is 0.300. The summed E-state index contributed by atoms with van der Waals surface area (Å²) in [5.74, 6) is 1.78. The van der Waals surface area contributed by atoms with Crippen LogP contribution in [0.4, 0.5) is 5.69 Å². The number of nitrogens with one attached hydrogen (secondary N) is 1. The Morgan fingerprint density at radius 3 is 2.75 bits per heavy atom. The van der Waals surface area contributed by atoms with Crippen molar-refractivity contribution >= 4 is 21.6 Å². The Hall–Kier alpha value is -0.570. The van der Waals surface area contributed by atoms with Gasteiger partial charge in [-0.3, -0.25) is 4.98 Å². The van der Waals surface area contributed by atoms with Crippen LogP contribution in [0, 0.1) is 11.8 Å². The molecule has 0 saturated heterocycles. The van der Waals surface area contributed by atoms with Gasteiger partial charge >= 0.3 is 0 Å². The smallest absolute Gasteiger partial charge is 0.0538 e. The number of pyridine rings is 1. The monoisotopic (exact) mass is 282 g/mol. The highest BCUT2D eigenvalue weighted by Crippen LogP contribution is 2.28. The summed E-state index contributed by atoms with van der Waals surface area (Å²) in [5.41, 5.74) is 1.12. The molecule has 0 aromatic carbocycles. The van der Waals surface area contributed by atoms with Crippen molar-refractivity contribution < 1.29 is 0 Å². The van der Waals surface area contributed by atoms with Crippen LogP contribution in [0.3, 0.4) is 0 Å². The van der Waals surface area contributed by atoms with Gasteiger partial charge in [-0.1, -0.05) is 19.8 Å². The Kier molecular flexibility index (Phi) is 4.22. The third kappa shape index (κ3) is 3.48. The summed E-state index contributed by atoms with van der Waals surface area (Å²) >= 11 is 3.43. The molecule has 1 aromatic heterocycles. The minimum Gasteiger partial charge on any atom is -0.383 e. The van der Waals surface area contributed by atoms with E-state index in [0.29, 0.717) is 0 Å². The molecule has 0 unspecified atom stereocenters. The number of hydrogen-bond acceptors (Lipinski definition) is 2. The lowest BCUT2D eigenvalue weighted by atomic mass is 9.83. The first-order valence-corrected chi connectivity index (χ1v) is 6.88. The summed E-state index contributed by atoms with van der Waals surface area (Å²) in [6.45, 7) is 3.45. The van der Waals surface area contributed by atoms with E-state index in [0.717, 1.165) is 28.5 Å². The summed E-state index contributed by atoms with van der Waals surface area (Å²) < 4.78 is 1.04. The Labute approximate surface area is 106 Å². The molecule has 2 rings (SSSR count).